The van der Waals surface area contributed by atoms with Crippen LogP contribution in [0.5, 0.6) is 0 Å². The number of nitrogens with one attached hydrogen (secondary N) is 1. The van der Waals surface area contributed by atoms with Crippen molar-refractivity contribution in [1.29, 1.82) is 0 Å². The Morgan fingerprint density at radius 1 is 1.52 bits per heavy atom. The fourth-order valence-corrected chi connectivity index (χ4v) is 5.74. The van der Waals surface area contributed by atoms with Gasteiger partial charge < -0.3 is 5.11 Å². The van der Waals surface area contributed by atoms with E-state index in [9.17, 15) is 13.2 Å². The Bertz CT molecular complexity index is 766. The van der Waals surface area contributed by atoms with Crippen LogP contribution in [0.1, 0.15) is 20.4 Å². The van der Waals surface area contributed by atoms with E-state index < -0.39 is 16.0 Å². The Hall–Kier alpha value is -0.810. The molecule has 0 aliphatic carbocycles. The predicted molar refractivity (Wildman–Crippen MR) is 84.7 cm³/mol. The average Bonchev–Trinajstić information content (AvgIpc) is 2.96. The third kappa shape index (κ3) is 4.10. The highest BCUT2D eigenvalue weighted by Crippen LogP contribution is 2.31. The molecule has 0 aromatic carbocycles. The van der Waals surface area contributed by atoms with Crippen molar-refractivity contribution in [2.24, 2.45) is 0 Å². The van der Waals surface area contributed by atoms with Gasteiger partial charge in [-0.05, 0) is 28.9 Å². The Morgan fingerprint density at radius 2 is 2.24 bits per heavy atom. The van der Waals surface area contributed by atoms with E-state index in [2.05, 4.69) is 25.6 Å². The van der Waals surface area contributed by atoms with Crippen LogP contribution < -0.4 is 4.72 Å². The van der Waals surface area contributed by atoms with E-state index in [1.54, 1.807) is 0 Å². The zero-order chi connectivity index (χ0) is 15.6. The molecule has 0 radical (unpaired) electrons. The average molecular weight is 411 g/mol. The first kappa shape index (κ1) is 16.6. The van der Waals surface area contributed by atoms with Crippen LogP contribution in [0.15, 0.2) is 20.1 Å². The summed E-state index contributed by atoms with van der Waals surface area (Å²) in [5.41, 5.74) is 0.907. The summed E-state index contributed by atoms with van der Waals surface area (Å²) in [6, 6.07) is 1.15. The van der Waals surface area contributed by atoms with Crippen LogP contribution in [-0.2, 0) is 16.4 Å². The van der Waals surface area contributed by atoms with Crippen molar-refractivity contribution in [3.05, 3.63) is 30.8 Å². The lowest BCUT2D eigenvalue weighted by molar-refractivity contribution is 0.0702. The van der Waals surface area contributed by atoms with E-state index in [0.29, 0.717) is 6.42 Å². The van der Waals surface area contributed by atoms with Gasteiger partial charge in [0.15, 0.2) is 0 Å². The maximum atomic E-state index is 12.1. The van der Waals surface area contributed by atoms with Crippen LogP contribution in [0.3, 0.4) is 0 Å². The predicted octanol–water partition coefficient (Wildman–Crippen LogP) is 2.49. The third-order valence-electron chi connectivity index (χ3n) is 2.45. The van der Waals surface area contributed by atoms with Gasteiger partial charge in [0, 0.05) is 24.0 Å². The highest BCUT2D eigenvalue weighted by Gasteiger charge is 2.22. The number of carbonyl (C=O) groups is 1. The molecule has 0 aliphatic rings. The molecule has 0 bridgehead atoms. The smallest absolute Gasteiger partial charge is 0.345 e. The van der Waals surface area contributed by atoms with Crippen LogP contribution in [0.4, 0.5) is 0 Å². The number of thiophene rings is 1. The molecule has 10 heteroatoms. The third-order valence-corrected chi connectivity index (χ3v) is 7.18. The molecule has 2 aromatic heterocycles. The van der Waals surface area contributed by atoms with Crippen molar-refractivity contribution in [1.82, 2.24) is 9.71 Å². The lowest BCUT2D eigenvalue weighted by atomic mass is 10.4. The highest BCUT2D eigenvalue weighted by molar-refractivity contribution is 9.11. The first-order valence-corrected chi connectivity index (χ1v) is 9.70. The van der Waals surface area contributed by atoms with E-state index in [1.807, 2.05) is 12.3 Å². The van der Waals surface area contributed by atoms with Crippen LogP contribution in [0.2, 0.25) is 0 Å². The van der Waals surface area contributed by atoms with Gasteiger partial charge in [-0.1, -0.05) is 0 Å². The molecule has 2 N–H and O–H groups in total. The molecule has 0 unspecified atom stereocenters. The van der Waals surface area contributed by atoms with E-state index in [-0.39, 0.29) is 20.1 Å². The lowest BCUT2D eigenvalue weighted by Crippen LogP contribution is -2.25. The Morgan fingerprint density at radius 3 is 2.76 bits per heavy atom. The summed E-state index contributed by atoms with van der Waals surface area (Å²) >= 11 is 5.43. The number of thiazole rings is 1. The molecule has 0 spiro atoms. The molecule has 0 saturated carbocycles. The number of carboxylic acids is 1. The molecule has 2 aromatic rings. The van der Waals surface area contributed by atoms with Crippen molar-refractivity contribution >= 4 is 54.6 Å². The largest absolute Gasteiger partial charge is 0.477 e. The second-order valence-electron chi connectivity index (χ2n) is 4.08. The molecule has 0 saturated heterocycles. The Labute approximate surface area is 138 Å². The summed E-state index contributed by atoms with van der Waals surface area (Å²) in [5, 5.41) is 11.6. The molecular formula is C11H11BrN2O4S3. The summed E-state index contributed by atoms with van der Waals surface area (Å²) < 4.78 is 27.0. The van der Waals surface area contributed by atoms with Gasteiger partial charge >= 0.3 is 5.97 Å². The summed E-state index contributed by atoms with van der Waals surface area (Å²) in [5.74, 6) is -1.15. The minimum absolute atomic E-state index is 0.0298. The van der Waals surface area contributed by atoms with E-state index in [4.69, 9.17) is 5.11 Å². The van der Waals surface area contributed by atoms with Gasteiger partial charge in [-0.15, -0.1) is 22.7 Å². The molecule has 2 heterocycles. The lowest BCUT2D eigenvalue weighted by Gasteiger charge is -2.04. The molecule has 0 aliphatic heterocycles. The number of sulfonamides is 1. The maximum absolute atomic E-state index is 12.1. The van der Waals surface area contributed by atoms with Crippen LogP contribution in [0, 0.1) is 6.92 Å². The summed E-state index contributed by atoms with van der Waals surface area (Å²) in [6.45, 7) is 2.08. The second-order valence-corrected chi connectivity index (χ2v) is 9.13. The monoisotopic (exact) mass is 410 g/mol. The van der Waals surface area contributed by atoms with Crippen molar-refractivity contribution in [2.45, 2.75) is 18.2 Å². The maximum Gasteiger partial charge on any atom is 0.345 e. The minimum Gasteiger partial charge on any atom is -0.477 e. The molecule has 2 rings (SSSR count). The van der Waals surface area contributed by atoms with Gasteiger partial charge in [0.05, 0.1) is 8.79 Å². The summed E-state index contributed by atoms with van der Waals surface area (Å²) in [6.07, 6.45) is 0.491. The minimum atomic E-state index is -3.74. The van der Waals surface area contributed by atoms with Gasteiger partial charge in [0.1, 0.15) is 9.77 Å². The molecule has 0 atom stereocenters. The van der Waals surface area contributed by atoms with Gasteiger partial charge in [-0.2, -0.15) is 0 Å². The fraction of sp³-hybridized carbons (Fsp3) is 0.273. The van der Waals surface area contributed by atoms with Gasteiger partial charge in [0.25, 0.3) is 0 Å². The van der Waals surface area contributed by atoms with Crippen LogP contribution in [0.25, 0.3) is 0 Å². The van der Waals surface area contributed by atoms with E-state index in [1.165, 1.54) is 11.3 Å². The number of aromatic carboxylic acids is 1. The number of hydrogen-bond acceptors (Lipinski definition) is 6. The van der Waals surface area contributed by atoms with Crippen molar-refractivity contribution in [3.8, 4) is 0 Å². The normalized spacial score (nSPS) is 11.7. The van der Waals surface area contributed by atoms with Crippen LogP contribution in [-0.4, -0.2) is 31.0 Å². The van der Waals surface area contributed by atoms with E-state index in [0.717, 1.165) is 28.1 Å². The quantitative estimate of drug-likeness (QED) is 0.762. The molecule has 6 nitrogen and oxygen atoms in total. The number of hydrogen-bond donors (Lipinski definition) is 2. The zero-order valence-corrected chi connectivity index (χ0v) is 14.8. The first-order chi connectivity index (χ1) is 9.79. The molecular weight excluding hydrogens is 400 g/mol. The Balaban J connectivity index is 2.06. The zero-order valence-electron chi connectivity index (χ0n) is 10.8. The molecule has 21 heavy (non-hydrogen) atoms. The summed E-state index contributed by atoms with van der Waals surface area (Å²) in [4.78, 5) is 15.0. The number of aryl methyl sites for hydroxylation is 1. The highest BCUT2D eigenvalue weighted by atomic mass is 79.9. The van der Waals surface area contributed by atoms with Crippen molar-refractivity contribution < 1.29 is 18.3 Å². The summed E-state index contributed by atoms with van der Waals surface area (Å²) in [7, 11) is -3.74. The number of carboxylic acid groups (broad SMARTS) is 1. The fourth-order valence-electron chi connectivity index (χ4n) is 1.53. The van der Waals surface area contributed by atoms with Gasteiger partial charge in [-0.25, -0.2) is 22.9 Å². The van der Waals surface area contributed by atoms with E-state index >= 15 is 0 Å². The van der Waals surface area contributed by atoms with Crippen molar-refractivity contribution in [2.75, 3.05) is 6.54 Å². The second kappa shape index (κ2) is 6.53. The number of halogens is 1. The SMILES string of the molecule is Cc1csc(CCNS(=O)(=O)c2cc(C(=O)O)sc2Br)n1. The van der Waals surface area contributed by atoms with Crippen LogP contribution >= 0.6 is 38.6 Å². The topological polar surface area (TPSA) is 96.4 Å². The molecule has 0 amide bonds. The van der Waals surface area contributed by atoms with Gasteiger partial charge in [0.2, 0.25) is 10.0 Å². The number of rotatable bonds is 6. The van der Waals surface area contributed by atoms with Gasteiger partial charge in [-0.3, -0.25) is 0 Å². The Kier molecular flexibility index (Phi) is 5.15. The molecule has 0 fully saturated rings. The number of aromatic nitrogens is 1. The molecule has 114 valence electrons. The van der Waals surface area contributed by atoms with Crippen molar-refractivity contribution in [3.63, 3.8) is 0 Å². The first-order valence-electron chi connectivity index (χ1n) is 5.73. The standard InChI is InChI=1S/C11H11BrN2O4S3/c1-6-5-19-9(14-6)2-3-13-21(17,18)8-4-7(11(15)16)20-10(8)12/h4-5,13H,2-3H2,1H3,(H,15,16). The number of nitrogens with zero attached hydrogens (tertiary/aromatic N) is 1.